The number of aryl methyl sites for hydroxylation is 1. The first-order valence-corrected chi connectivity index (χ1v) is 4.95. The number of ketones is 1. The van der Waals surface area contributed by atoms with Gasteiger partial charge in [-0.1, -0.05) is 33.8 Å². The molecule has 2 heteroatoms. The molecule has 0 atom stereocenters. The zero-order valence-corrected chi connectivity index (χ0v) is 9.29. The lowest BCUT2D eigenvalue weighted by atomic mass is 9.88. The van der Waals surface area contributed by atoms with Crippen LogP contribution in [0.3, 0.4) is 0 Å². The van der Waals surface area contributed by atoms with Crippen LogP contribution in [0.25, 0.3) is 0 Å². The zero-order valence-electron chi connectivity index (χ0n) is 9.29. The van der Waals surface area contributed by atoms with Crippen molar-refractivity contribution in [2.45, 2.75) is 34.1 Å². The van der Waals surface area contributed by atoms with Crippen LogP contribution in [0.5, 0.6) is 0 Å². The number of carbonyl (C=O) groups excluding carboxylic acids is 1. The first-order valence-electron chi connectivity index (χ1n) is 4.95. The van der Waals surface area contributed by atoms with Gasteiger partial charge < -0.3 is 0 Å². The molecule has 76 valence electrons. The number of aromatic nitrogens is 1. The molecule has 0 unspecified atom stereocenters. The third kappa shape index (κ3) is 2.41. The smallest absolute Gasteiger partial charge is 0.186 e. The Hall–Kier alpha value is -1.18. The van der Waals surface area contributed by atoms with Crippen LogP contribution in [0.15, 0.2) is 18.3 Å². The Bertz CT molecular complexity index is 319. The predicted octanol–water partition coefficient (Wildman–Crippen LogP) is 2.87. The molecule has 0 fully saturated rings. The highest BCUT2D eigenvalue weighted by atomic mass is 16.1. The van der Waals surface area contributed by atoms with E-state index in [1.54, 1.807) is 6.20 Å². The van der Waals surface area contributed by atoms with E-state index in [9.17, 15) is 4.79 Å². The lowest BCUT2D eigenvalue weighted by Crippen LogP contribution is -2.21. The van der Waals surface area contributed by atoms with Crippen molar-refractivity contribution >= 4 is 5.78 Å². The summed E-state index contributed by atoms with van der Waals surface area (Å²) in [4.78, 5) is 16.0. The van der Waals surface area contributed by atoms with Crippen molar-refractivity contribution < 1.29 is 4.79 Å². The highest BCUT2D eigenvalue weighted by molar-refractivity contribution is 5.98. The van der Waals surface area contributed by atoms with Gasteiger partial charge in [0.15, 0.2) is 5.78 Å². The molecule has 14 heavy (non-hydrogen) atoms. The quantitative estimate of drug-likeness (QED) is 0.673. The molecular weight excluding hydrogens is 174 g/mol. The van der Waals surface area contributed by atoms with Crippen molar-refractivity contribution in [1.82, 2.24) is 4.98 Å². The van der Waals surface area contributed by atoms with E-state index in [0.717, 1.165) is 12.0 Å². The van der Waals surface area contributed by atoms with Gasteiger partial charge in [-0.3, -0.25) is 9.78 Å². The first-order chi connectivity index (χ1) is 6.45. The molecule has 0 radical (unpaired) electrons. The Morgan fingerprint density at radius 1 is 1.36 bits per heavy atom. The maximum Gasteiger partial charge on any atom is 0.186 e. The zero-order chi connectivity index (χ0) is 10.8. The van der Waals surface area contributed by atoms with E-state index in [4.69, 9.17) is 0 Å². The Kier molecular flexibility index (Phi) is 3.04. The Labute approximate surface area is 85.4 Å². The number of carbonyl (C=O) groups is 1. The van der Waals surface area contributed by atoms with Crippen LogP contribution >= 0.6 is 0 Å². The Morgan fingerprint density at radius 2 is 2.00 bits per heavy atom. The predicted molar refractivity (Wildman–Crippen MR) is 57.4 cm³/mol. The summed E-state index contributed by atoms with van der Waals surface area (Å²) in [5.41, 5.74) is 1.38. The number of hydrogen-bond donors (Lipinski definition) is 0. The SMILES string of the molecule is CCc1ccc(C(=O)C(C)(C)C)nc1. The van der Waals surface area contributed by atoms with Gasteiger partial charge >= 0.3 is 0 Å². The van der Waals surface area contributed by atoms with Crippen LogP contribution in [0.2, 0.25) is 0 Å². The molecule has 0 saturated carbocycles. The summed E-state index contributed by atoms with van der Waals surface area (Å²) in [6.07, 6.45) is 2.73. The van der Waals surface area contributed by atoms with Gasteiger partial charge in [0.05, 0.1) is 0 Å². The summed E-state index contributed by atoms with van der Waals surface area (Å²) in [5.74, 6) is 0.0974. The van der Waals surface area contributed by atoms with Crippen molar-refractivity contribution in [2.75, 3.05) is 0 Å². The number of nitrogens with zero attached hydrogens (tertiary/aromatic N) is 1. The third-order valence-electron chi connectivity index (χ3n) is 2.15. The highest BCUT2D eigenvalue weighted by Crippen LogP contribution is 2.19. The largest absolute Gasteiger partial charge is 0.292 e. The molecule has 2 nitrogen and oxygen atoms in total. The van der Waals surface area contributed by atoms with Crippen LogP contribution in [0.4, 0.5) is 0 Å². The monoisotopic (exact) mass is 191 g/mol. The molecule has 1 aromatic rings. The molecule has 0 bridgehead atoms. The van der Waals surface area contributed by atoms with E-state index in [1.807, 2.05) is 32.9 Å². The van der Waals surface area contributed by atoms with Gasteiger partial charge in [0.1, 0.15) is 5.69 Å². The normalized spacial score (nSPS) is 11.4. The van der Waals surface area contributed by atoms with Crippen LogP contribution in [0.1, 0.15) is 43.7 Å². The van der Waals surface area contributed by atoms with Crippen molar-refractivity contribution in [3.63, 3.8) is 0 Å². The maximum atomic E-state index is 11.8. The van der Waals surface area contributed by atoms with E-state index >= 15 is 0 Å². The van der Waals surface area contributed by atoms with E-state index in [2.05, 4.69) is 11.9 Å². The highest BCUT2D eigenvalue weighted by Gasteiger charge is 2.23. The molecule has 0 aromatic carbocycles. The fourth-order valence-corrected chi connectivity index (χ4v) is 1.15. The van der Waals surface area contributed by atoms with Crippen LogP contribution in [0, 0.1) is 5.41 Å². The second kappa shape index (κ2) is 3.91. The van der Waals surface area contributed by atoms with Gasteiger partial charge in [-0.05, 0) is 18.1 Å². The second-order valence-electron chi connectivity index (χ2n) is 4.48. The molecule has 0 amide bonds. The lowest BCUT2D eigenvalue weighted by molar-refractivity contribution is 0.0853. The Morgan fingerprint density at radius 3 is 2.36 bits per heavy atom. The van der Waals surface area contributed by atoms with E-state index in [-0.39, 0.29) is 11.2 Å². The van der Waals surface area contributed by atoms with Crippen LogP contribution in [-0.4, -0.2) is 10.8 Å². The summed E-state index contributed by atoms with van der Waals surface area (Å²) >= 11 is 0. The standard InChI is InChI=1S/C12H17NO/c1-5-9-6-7-10(13-8-9)11(14)12(2,3)4/h6-8H,5H2,1-4H3. The van der Waals surface area contributed by atoms with Gasteiger partial charge in [-0.25, -0.2) is 0 Å². The molecule has 1 rings (SSSR count). The molecule has 0 N–H and O–H groups in total. The van der Waals surface area contributed by atoms with E-state index in [1.165, 1.54) is 0 Å². The molecular formula is C12H17NO. The number of hydrogen-bond acceptors (Lipinski definition) is 2. The molecule has 1 heterocycles. The van der Waals surface area contributed by atoms with Gasteiger partial charge in [-0.2, -0.15) is 0 Å². The van der Waals surface area contributed by atoms with E-state index < -0.39 is 0 Å². The second-order valence-corrected chi connectivity index (χ2v) is 4.48. The Balaban J connectivity index is 2.93. The van der Waals surface area contributed by atoms with E-state index in [0.29, 0.717) is 5.69 Å². The molecule has 0 saturated heterocycles. The molecule has 0 aliphatic rings. The summed E-state index contributed by atoms with van der Waals surface area (Å²) in [5, 5.41) is 0. The van der Waals surface area contributed by atoms with Gasteiger partial charge in [0.25, 0.3) is 0 Å². The summed E-state index contributed by atoms with van der Waals surface area (Å²) < 4.78 is 0. The van der Waals surface area contributed by atoms with Gasteiger partial charge in [0.2, 0.25) is 0 Å². The summed E-state index contributed by atoms with van der Waals surface area (Å²) in [7, 11) is 0. The van der Waals surface area contributed by atoms with Crippen molar-refractivity contribution in [3.8, 4) is 0 Å². The third-order valence-corrected chi connectivity index (χ3v) is 2.15. The summed E-state index contributed by atoms with van der Waals surface area (Å²) in [6, 6.07) is 3.78. The minimum absolute atomic E-state index is 0.0974. The fourth-order valence-electron chi connectivity index (χ4n) is 1.15. The molecule has 0 spiro atoms. The van der Waals surface area contributed by atoms with Crippen LogP contribution < -0.4 is 0 Å². The van der Waals surface area contributed by atoms with Gasteiger partial charge in [0, 0.05) is 11.6 Å². The average molecular weight is 191 g/mol. The molecule has 0 aliphatic carbocycles. The topological polar surface area (TPSA) is 30.0 Å². The fraction of sp³-hybridized carbons (Fsp3) is 0.500. The minimum Gasteiger partial charge on any atom is -0.292 e. The van der Waals surface area contributed by atoms with Crippen LogP contribution in [-0.2, 0) is 6.42 Å². The average Bonchev–Trinajstić information content (AvgIpc) is 2.15. The minimum atomic E-state index is -0.346. The summed E-state index contributed by atoms with van der Waals surface area (Å²) in [6.45, 7) is 7.79. The molecule has 0 aliphatic heterocycles. The molecule has 1 aromatic heterocycles. The number of rotatable bonds is 2. The van der Waals surface area contributed by atoms with Crippen molar-refractivity contribution in [3.05, 3.63) is 29.6 Å². The van der Waals surface area contributed by atoms with Crippen molar-refractivity contribution in [1.29, 1.82) is 0 Å². The maximum absolute atomic E-state index is 11.8. The number of Topliss-reactive ketones (excluding diaryl/α,β-unsaturated/α-hetero) is 1. The number of pyridine rings is 1. The lowest BCUT2D eigenvalue weighted by Gasteiger charge is -2.15. The van der Waals surface area contributed by atoms with Crippen molar-refractivity contribution in [2.24, 2.45) is 5.41 Å². The van der Waals surface area contributed by atoms with Gasteiger partial charge in [-0.15, -0.1) is 0 Å². The first kappa shape index (κ1) is 10.9.